The van der Waals surface area contributed by atoms with Crippen molar-refractivity contribution in [2.45, 2.75) is 37.5 Å². The second kappa shape index (κ2) is 8.57. The first-order valence-corrected chi connectivity index (χ1v) is 10.4. The van der Waals surface area contributed by atoms with Gasteiger partial charge in [0.05, 0.1) is 5.75 Å². The average Bonchev–Trinajstić information content (AvgIpc) is 3.50. The number of nitrogens with one attached hydrogen (secondary N) is 1. The summed E-state index contributed by atoms with van der Waals surface area (Å²) in [5.74, 6) is 1.09. The monoisotopic (exact) mass is 407 g/mol. The topological polar surface area (TPSA) is 89.8 Å². The molecule has 2 aromatic heterocycles. The first-order valence-electron chi connectivity index (χ1n) is 9.46. The van der Waals surface area contributed by atoms with E-state index in [4.69, 9.17) is 0 Å². The molecular formula is C21H21N5O2S. The molecule has 1 fully saturated rings. The molecule has 3 aromatic rings. The lowest BCUT2D eigenvalue weighted by molar-refractivity contribution is -0.119. The number of carbonyl (C=O) groups excluding carboxylic acids is 2. The zero-order valence-corrected chi connectivity index (χ0v) is 16.9. The van der Waals surface area contributed by atoms with Crippen molar-refractivity contribution in [2.75, 3.05) is 5.75 Å². The van der Waals surface area contributed by atoms with Gasteiger partial charge in [0.1, 0.15) is 0 Å². The highest BCUT2D eigenvalue weighted by atomic mass is 32.2. The van der Waals surface area contributed by atoms with E-state index in [0.29, 0.717) is 23.9 Å². The molecule has 0 saturated heterocycles. The van der Waals surface area contributed by atoms with Crippen LogP contribution in [0.15, 0.2) is 53.9 Å². The van der Waals surface area contributed by atoms with Crippen molar-refractivity contribution in [3.05, 3.63) is 59.9 Å². The van der Waals surface area contributed by atoms with Crippen LogP contribution < -0.4 is 5.32 Å². The van der Waals surface area contributed by atoms with E-state index in [1.54, 1.807) is 24.5 Å². The average molecular weight is 407 g/mol. The SMILES string of the molecule is CC(=O)NCc1ccc(C(=O)CSc2nnc(-c3ccncc3)n2C2CC2)cc1. The van der Waals surface area contributed by atoms with Crippen molar-refractivity contribution in [3.8, 4) is 11.4 Å². The van der Waals surface area contributed by atoms with Gasteiger partial charge in [0.25, 0.3) is 0 Å². The fourth-order valence-electron chi connectivity index (χ4n) is 2.98. The van der Waals surface area contributed by atoms with Crippen molar-refractivity contribution in [3.63, 3.8) is 0 Å². The number of pyridine rings is 1. The number of hydrogen-bond acceptors (Lipinski definition) is 6. The standard InChI is InChI=1S/C21H21N5O2S/c1-14(27)23-12-15-2-4-16(5-3-15)19(28)13-29-21-25-24-20(26(21)18-6-7-18)17-8-10-22-11-9-17/h2-5,8-11,18H,6-7,12-13H2,1H3,(H,23,27). The van der Waals surface area contributed by atoms with Crippen molar-refractivity contribution in [2.24, 2.45) is 0 Å². The minimum atomic E-state index is -0.0764. The summed E-state index contributed by atoms with van der Waals surface area (Å²) in [5, 5.41) is 12.2. The van der Waals surface area contributed by atoms with Crippen LogP contribution >= 0.6 is 11.8 Å². The highest BCUT2D eigenvalue weighted by Gasteiger charge is 2.30. The smallest absolute Gasteiger partial charge is 0.217 e. The molecule has 1 aromatic carbocycles. The lowest BCUT2D eigenvalue weighted by atomic mass is 10.1. The minimum Gasteiger partial charge on any atom is -0.352 e. The van der Waals surface area contributed by atoms with Gasteiger partial charge in [-0.2, -0.15) is 0 Å². The zero-order valence-electron chi connectivity index (χ0n) is 16.0. The normalized spacial score (nSPS) is 13.3. The van der Waals surface area contributed by atoms with Gasteiger partial charge in [-0.05, 0) is 30.5 Å². The molecule has 148 valence electrons. The van der Waals surface area contributed by atoms with Gasteiger partial charge in [-0.15, -0.1) is 10.2 Å². The van der Waals surface area contributed by atoms with Gasteiger partial charge in [-0.25, -0.2) is 0 Å². The Labute approximate surface area is 173 Å². The van der Waals surface area contributed by atoms with Crippen molar-refractivity contribution in [1.82, 2.24) is 25.1 Å². The predicted octanol–water partition coefficient (Wildman–Crippen LogP) is 3.29. The van der Waals surface area contributed by atoms with Crippen LogP contribution in [-0.2, 0) is 11.3 Å². The van der Waals surface area contributed by atoms with Crippen LogP contribution in [0.5, 0.6) is 0 Å². The molecule has 0 unspecified atom stereocenters. The summed E-state index contributed by atoms with van der Waals surface area (Å²) >= 11 is 1.42. The Morgan fingerprint density at radius 3 is 2.48 bits per heavy atom. The number of benzene rings is 1. The number of aromatic nitrogens is 4. The van der Waals surface area contributed by atoms with Crippen LogP contribution in [0.25, 0.3) is 11.4 Å². The number of carbonyl (C=O) groups is 2. The van der Waals surface area contributed by atoms with Crippen molar-refractivity contribution in [1.29, 1.82) is 0 Å². The van der Waals surface area contributed by atoms with Crippen LogP contribution in [0, 0.1) is 0 Å². The third-order valence-corrected chi connectivity index (χ3v) is 5.61. The number of ketones is 1. The molecule has 1 aliphatic rings. The second-order valence-electron chi connectivity index (χ2n) is 6.96. The molecule has 0 radical (unpaired) electrons. The van der Waals surface area contributed by atoms with Gasteiger partial charge < -0.3 is 5.32 Å². The summed E-state index contributed by atoms with van der Waals surface area (Å²) in [6.07, 6.45) is 5.70. The summed E-state index contributed by atoms with van der Waals surface area (Å²) in [5.41, 5.74) is 2.59. The third-order valence-electron chi connectivity index (χ3n) is 4.66. The van der Waals surface area contributed by atoms with E-state index in [0.717, 1.165) is 34.9 Å². The van der Waals surface area contributed by atoms with Crippen LogP contribution in [-0.4, -0.2) is 37.2 Å². The highest BCUT2D eigenvalue weighted by molar-refractivity contribution is 7.99. The van der Waals surface area contributed by atoms with Crippen molar-refractivity contribution >= 4 is 23.5 Å². The van der Waals surface area contributed by atoms with E-state index in [1.165, 1.54) is 18.7 Å². The molecule has 0 aliphatic heterocycles. The molecule has 8 heteroatoms. The first kappa shape index (κ1) is 19.3. The van der Waals surface area contributed by atoms with Gasteiger partial charge >= 0.3 is 0 Å². The van der Waals surface area contributed by atoms with E-state index in [2.05, 4.69) is 25.1 Å². The molecule has 0 spiro atoms. The number of Topliss-reactive ketones (excluding diaryl/α,β-unsaturated/α-hetero) is 1. The fraction of sp³-hybridized carbons (Fsp3) is 0.286. The van der Waals surface area contributed by atoms with Crippen LogP contribution in [0.2, 0.25) is 0 Å². The Morgan fingerprint density at radius 1 is 1.10 bits per heavy atom. The highest BCUT2D eigenvalue weighted by Crippen LogP contribution is 2.41. The molecule has 1 saturated carbocycles. The Morgan fingerprint density at radius 2 is 1.83 bits per heavy atom. The molecule has 0 bridgehead atoms. The predicted molar refractivity (Wildman–Crippen MR) is 111 cm³/mol. The lowest BCUT2D eigenvalue weighted by Gasteiger charge is -2.08. The second-order valence-corrected chi connectivity index (χ2v) is 7.90. The Hall–Kier alpha value is -3.00. The Kier molecular flexibility index (Phi) is 5.71. The minimum absolute atomic E-state index is 0.0388. The number of nitrogens with zero attached hydrogens (tertiary/aromatic N) is 4. The van der Waals surface area contributed by atoms with E-state index in [-0.39, 0.29) is 11.7 Å². The summed E-state index contributed by atoms with van der Waals surface area (Å²) in [6, 6.07) is 11.6. The summed E-state index contributed by atoms with van der Waals surface area (Å²) in [6.45, 7) is 1.94. The van der Waals surface area contributed by atoms with E-state index >= 15 is 0 Å². The van der Waals surface area contributed by atoms with Gasteiger partial charge in [-0.1, -0.05) is 36.0 Å². The Bertz CT molecular complexity index is 1010. The molecule has 7 nitrogen and oxygen atoms in total. The molecular weight excluding hydrogens is 386 g/mol. The first-order chi connectivity index (χ1) is 14.1. The van der Waals surface area contributed by atoms with Gasteiger partial charge in [0, 0.05) is 43.0 Å². The van der Waals surface area contributed by atoms with Gasteiger partial charge in [-0.3, -0.25) is 19.1 Å². The van der Waals surface area contributed by atoms with E-state index in [9.17, 15) is 9.59 Å². The lowest BCUT2D eigenvalue weighted by Crippen LogP contribution is -2.18. The van der Waals surface area contributed by atoms with Crippen LogP contribution in [0.3, 0.4) is 0 Å². The number of thioether (sulfide) groups is 1. The van der Waals surface area contributed by atoms with Crippen LogP contribution in [0.4, 0.5) is 0 Å². The van der Waals surface area contributed by atoms with Crippen LogP contribution in [0.1, 0.15) is 41.7 Å². The van der Waals surface area contributed by atoms with Gasteiger partial charge in [0.2, 0.25) is 5.91 Å². The quantitative estimate of drug-likeness (QED) is 0.455. The molecule has 1 aliphatic carbocycles. The Balaban J connectivity index is 1.43. The molecule has 29 heavy (non-hydrogen) atoms. The fourth-order valence-corrected chi connectivity index (χ4v) is 3.88. The molecule has 4 rings (SSSR count). The van der Waals surface area contributed by atoms with Gasteiger partial charge in [0.15, 0.2) is 16.8 Å². The number of amides is 1. The summed E-state index contributed by atoms with van der Waals surface area (Å²) < 4.78 is 2.14. The maximum atomic E-state index is 12.6. The zero-order chi connectivity index (χ0) is 20.2. The van der Waals surface area contributed by atoms with E-state index in [1.807, 2.05) is 24.3 Å². The summed E-state index contributed by atoms with van der Waals surface area (Å²) in [7, 11) is 0. The molecule has 2 heterocycles. The third kappa shape index (κ3) is 4.71. The van der Waals surface area contributed by atoms with Crippen molar-refractivity contribution < 1.29 is 9.59 Å². The maximum absolute atomic E-state index is 12.6. The molecule has 0 atom stereocenters. The molecule has 1 N–H and O–H groups in total. The number of hydrogen-bond donors (Lipinski definition) is 1. The van der Waals surface area contributed by atoms with E-state index < -0.39 is 0 Å². The summed E-state index contributed by atoms with van der Waals surface area (Å²) in [4.78, 5) is 27.7. The number of rotatable bonds is 8. The maximum Gasteiger partial charge on any atom is 0.217 e. The molecule has 1 amide bonds. The largest absolute Gasteiger partial charge is 0.352 e.